The molecule has 8 heteroatoms. The molecule has 1 N–H and O–H groups in total. The van der Waals surface area contributed by atoms with E-state index in [9.17, 15) is 18.0 Å². The summed E-state index contributed by atoms with van der Waals surface area (Å²) in [4.78, 5) is 24.7. The lowest BCUT2D eigenvalue weighted by Crippen LogP contribution is -2.56. The van der Waals surface area contributed by atoms with E-state index in [4.69, 9.17) is 16.3 Å². The van der Waals surface area contributed by atoms with Gasteiger partial charge in [0.1, 0.15) is 0 Å². The maximum absolute atomic E-state index is 12.8. The highest BCUT2D eigenvalue weighted by Crippen LogP contribution is 2.64. The molecule has 1 aliphatic heterocycles. The molecule has 6 nitrogen and oxygen atoms in total. The predicted molar refractivity (Wildman–Crippen MR) is 96.5 cm³/mol. The highest BCUT2D eigenvalue weighted by Gasteiger charge is 2.60. The van der Waals surface area contributed by atoms with Crippen LogP contribution in [0.5, 0.6) is 0 Å². The Bertz CT molecular complexity index is 737. The van der Waals surface area contributed by atoms with Gasteiger partial charge in [0, 0.05) is 4.87 Å². The number of rotatable bonds is 4. The molecular weight excluding hydrogens is 378 g/mol. The monoisotopic (exact) mass is 403 g/mol. The van der Waals surface area contributed by atoms with Crippen LogP contribution in [0.15, 0.2) is 0 Å². The quantitative estimate of drug-likeness (QED) is 0.571. The summed E-state index contributed by atoms with van der Waals surface area (Å²) >= 11 is 6.74. The Kier molecular flexibility index (Phi) is 4.16. The molecule has 146 valence electrons. The zero-order chi connectivity index (χ0) is 18.8. The second-order valence-electron chi connectivity index (χ2n) is 9.42. The van der Waals surface area contributed by atoms with Gasteiger partial charge in [0.2, 0.25) is 0 Å². The average molecular weight is 404 g/mol. The number of amides is 1. The number of carbonyl (C=O) groups is 2. The minimum Gasteiger partial charge on any atom is -0.455 e. The molecule has 4 saturated carbocycles. The van der Waals surface area contributed by atoms with Crippen LogP contribution >= 0.6 is 11.6 Å². The third kappa shape index (κ3) is 3.37. The van der Waals surface area contributed by atoms with Gasteiger partial charge in [-0.15, -0.1) is 11.6 Å². The maximum Gasteiger partial charge on any atom is 0.312 e. The average Bonchev–Trinajstić information content (AvgIpc) is 2.75. The molecular formula is C18H26ClNO5S. The van der Waals surface area contributed by atoms with Crippen molar-refractivity contribution in [2.24, 2.45) is 17.3 Å². The predicted octanol–water partition coefficient (Wildman–Crippen LogP) is 1.80. The van der Waals surface area contributed by atoms with Crippen LogP contribution in [-0.2, 0) is 24.2 Å². The molecule has 4 aliphatic carbocycles. The smallest absolute Gasteiger partial charge is 0.312 e. The van der Waals surface area contributed by atoms with Gasteiger partial charge in [0.05, 0.1) is 22.5 Å². The molecule has 1 heterocycles. The first-order chi connectivity index (χ1) is 12.0. The summed E-state index contributed by atoms with van der Waals surface area (Å²) in [5, 5.41) is 2.73. The summed E-state index contributed by atoms with van der Waals surface area (Å²) in [7, 11) is -3.11. The molecule has 0 aromatic rings. The van der Waals surface area contributed by atoms with E-state index in [-0.39, 0.29) is 29.0 Å². The largest absolute Gasteiger partial charge is 0.455 e. The number of ether oxygens (including phenoxy) is 1. The van der Waals surface area contributed by atoms with Gasteiger partial charge < -0.3 is 10.1 Å². The van der Waals surface area contributed by atoms with E-state index >= 15 is 0 Å². The Hall–Kier alpha value is -0.820. The molecule has 5 fully saturated rings. The first-order valence-corrected chi connectivity index (χ1v) is 11.6. The number of nitrogens with one attached hydrogen (secondary N) is 1. The highest BCUT2D eigenvalue weighted by molar-refractivity contribution is 7.91. The number of hydrogen-bond acceptors (Lipinski definition) is 5. The van der Waals surface area contributed by atoms with Crippen molar-refractivity contribution in [3.8, 4) is 0 Å². The molecule has 1 amide bonds. The number of esters is 1. The third-order valence-corrected chi connectivity index (χ3v) is 9.05. The molecule has 5 aliphatic rings. The molecule has 0 radical (unpaired) electrons. The standard InChI is InChI=1S/C18H26ClNO5S/c1-16(2-3-26(23,24)11-16)20-14(21)9-25-15(22)17-5-12-4-13(6-17)8-18(19,7-12)10-17/h12-13H,2-11H2,1H3,(H,20,21)/t12-,13-,16-,17?,18?/m0/s1. The lowest BCUT2D eigenvalue weighted by molar-refractivity contribution is -0.172. The lowest BCUT2D eigenvalue weighted by Gasteiger charge is -2.58. The molecule has 0 aromatic carbocycles. The van der Waals surface area contributed by atoms with Crippen LogP contribution in [-0.4, -0.2) is 48.8 Å². The molecule has 1 saturated heterocycles. The zero-order valence-electron chi connectivity index (χ0n) is 15.1. The van der Waals surface area contributed by atoms with Crippen molar-refractivity contribution >= 4 is 33.3 Å². The minimum absolute atomic E-state index is 0.0677. The Morgan fingerprint density at radius 3 is 2.38 bits per heavy atom. The Balaban J connectivity index is 1.35. The summed E-state index contributed by atoms with van der Waals surface area (Å²) < 4.78 is 28.7. The topological polar surface area (TPSA) is 89.5 Å². The van der Waals surface area contributed by atoms with Crippen molar-refractivity contribution in [1.29, 1.82) is 0 Å². The molecule has 4 bridgehead atoms. The number of hydrogen-bond donors (Lipinski definition) is 1. The van der Waals surface area contributed by atoms with Crippen LogP contribution in [0, 0.1) is 17.3 Å². The van der Waals surface area contributed by atoms with E-state index in [1.165, 1.54) is 0 Å². The van der Waals surface area contributed by atoms with Gasteiger partial charge in [0.25, 0.3) is 5.91 Å². The Labute approximate surface area is 159 Å². The number of sulfone groups is 1. The SMILES string of the molecule is C[C@]1(NC(=O)COC(=O)C23C[C@@H]4C[C@H](CC(Cl)(C4)C2)C3)CCS(=O)(=O)C1. The van der Waals surface area contributed by atoms with Gasteiger partial charge in [-0.2, -0.15) is 0 Å². The zero-order valence-corrected chi connectivity index (χ0v) is 16.6. The van der Waals surface area contributed by atoms with Crippen LogP contribution in [0.25, 0.3) is 0 Å². The second kappa shape index (κ2) is 5.84. The van der Waals surface area contributed by atoms with Crippen LogP contribution in [0.1, 0.15) is 51.9 Å². The van der Waals surface area contributed by atoms with Crippen molar-refractivity contribution in [2.45, 2.75) is 62.3 Å². The van der Waals surface area contributed by atoms with Crippen molar-refractivity contribution in [1.82, 2.24) is 5.32 Å². The Morgan fingerprint density at radius 2 is 1.85 bits per heavy atom. The van der Waals surface area contributed by atoms with Crippen molar-refractivity contribution in [3.63, 3.8) is 0 Å². The van der Waals surface area contributed by atoms with Gasteiger partial charge in [-0.05, 0) is 63.7 Å². The summed E-state index contributed by atoms with van der Waals surface area (Å²) in [6.07, 6.45) is 5.77. The van der Waals surface area contributed by atoms with Gasteiger partial charge in [-0.3, -0.25) is 9.59 Å². The Morgan fingerprint density at radius 1 is 1.19 bits per heavy atom. The van der Waals surface area contributed by atoms with Crippen LogP contribution in [0.2, 0.25) is 0 Å². The fourth-order valence-electron chi connectivity index (χ4n) is 6.16. The highest BCUT2D eigenvalue weighted by atomic mass is 35.5. The van der Waals surface area contributed by atoms with Gasteiger partial charge >= 0.3 is 5.97 Å². The van der Waals surface area contributed by atoms with Gasteiger partial charge in [-0.1, -0.05) is 0 Å². The first-order valence-electron chi connectivity index (χ1n) is 9.38. The van der Waals surface area contributed by atoms with E-state index < -0.39 is 26.7 Å². The van der Waals surface area contributed by atoms with Crippen LogP contribution in [0.3, 0.4) is 0 Å². The molecule has 0 spiro atoms. The molecule has 0 aromatic heterocycles. The van der Waals surface area contributed by atoms with Crippen molar-refractivity contribution in [2.75, 3.05) is 18.1 Å². The van der Waals surface area contributed by atoms with E-state index in [2.05, 4.69) is 5.32 Å². The summed E-state index contributed by atoms with van der Waals surface area (Å²) in [5.74, 6) is 0.226. The number of alkyl halides is 1. The van der Waals surface area contributed by atoms with Gasteiger partial charge in [0.15, 0.2) is 16.4 Å². The molecule has 3 atom stereocenters. The van der Waals surface area contributed by atoms with E-state index in [1.807, 2.05) is 0 Å². The summed E-state index contributed by atoms with van der Waals surface area (Å²) in [6.45, 7) is 1.36. The summed E-state index contributed by atoms with van der Waals surface area (Å²) in [6, 6.07) is 0. The van der Waals surface area contributed by atoms with E-state index in [1.54, 1.807) is 6.92 Å². The summed E-state index contributed by atoms with van der Waals surface area (Å²) in [5.41, 5.74) is -1.31. The van der Waals surface area contributed by atoms with E-state index in [0.29, 0.717) is 24.7 Å². The fourth-order valence-corrected chi connectivity index (χ4v) is 8.94. The van der Waals surface area contributed by atoms with Crippen LogP contribution in [0.4, 0.5) is 0 Å². The third-order valence-electron chi connectivity index (χ3n) is 6.70. The maximum atomic E-state index is 12.8. The van der Waals surface area contributed by atoms with Crippen molar-refractivity contribution < 1.29 is 22.7 Å². The van der Waals surface area contributed by atoms with Crippen LogP contribution < -0.4 is 5.32 Å². The first kappa shape index (κ1) is 18.5. The molecule has 26 heavy (non-hydrogen) atoms. The molecule has 0 unspecified atom stereocenters. The number of halogens is 1. The van der Waals surface area contributed by atoms with Crippen molar-refractivity contribution in [3.05, 3.63) is 0 Å². The fraction of sp³-hybridized carbons (Fsp3) is 0.889. The molecule has 5 rings (SSSR count). The lowest BCUT2D eigenvalue weighted by atomic mass is 9.49. The van der Waals surface area contributed by atoms with Gasteiger partial charge in [-0.25, -0.2) is 8.42 Å². The normalized spacial score (nSPS) is 45.5. The van der Waals surface area contributed by atoms with E-state index in [0.717, 1.165) is 32.1 Å². The minimum atomic E-state index is -3.11. The number of carbonyl (C=O) groups excluding carboxylic acids is 2. The second-order valence-corrected chi connectivity index (χ2v) is 12.4.